The van der Waals surface area contributed by atoms with Crippen molar-refractivity contribution in [1.29, 1.82) is 5.26 Å². The number of aryl methyl sites for hydroxylation is 2. The molecule has 5 aromatic rings. The summed E-state index contributed by atoms with van der Waals surface area (Å²) in [6.07, 6.45) is 0.865. The first kappa shape index (κ1) is 30.3. The van der Waals surface area contributed by atoms with Crippen LogP contribution in [0, 0.1) is 24.1 Å². The van der Waals surface area contributed by atoms with E-state index in [9.17, 15) is 14.4 Å². The zero-order valence-corrected chi connectivity index (χ0v) is 25.6. The van der Waals surface area contributed by atoms with Crippen LogP contribution >= 0.6 is 0 Å². The lowest BCUT2D eigenvalue weighted by molar-refractivity contribution is 0.0702. The Morgan fingerprint density at radius 1 is 0.957 bits per heavy atom. The van der Waals surface area contributed by atoms with Crippen molar-refractivity contribution in [2.75, 3.05) is 6.61 Å². The lowest BCUT2D eigenvalue weighted by atomic mass is 9.83. The Labute approximate surface area is 265 Å². The normalized spacial score (nSPS) is 13.9. The first-order valence-corrected chi connectivity index (χ1v) is 14.9. The highest BCUT2D eigenvalue weighted by molar-refractivity contribution is 5.97. The lowest BCUT2D eigenvalue weighted by Gasteiger charge is -2.27. The summed E-state index contributed by atoms with van der Waals surface area (Å²) in [4.78, 5) is 13.2. The van der Waals surface area contributed by atoms with Crippen LogP contribution in [-0.2, 0) is 13.0 Å². The van der Waals surface area contributed by atoms with Crippen molar-refractivity contribution in [2.24, 2.45) is 5.73 Å². The van der Waals surface area contributed by atoms with Gasteiger partial charge in [0.25, 0.3) is 0 Å². The number of rotatable bonds is 9. The number of fused-ring (bicyclic) bond motifs is 2. The fraction of sp³-hybridized carbons (Fsp3) is 0.189. The molecule has 0 bridgehead atoms. The lowest BCUT2D eigenvalue weighted by Crippen LogP contribution is -2.21. The van der Waals surface area contributed by atoms with Crippen LogP contribution in [0.1, 0.15) is 58.1 Å². The van der Waals surface area contributed by atoms with E-state index >= 15 is 0 Å². The summed E-state index contributed by atoms with van der Waals surface area (Å²) < 4.78 is 42.6. The summed E-state index contributed by atoms with van der Waals surface area (Å²) in [5.41, 5.74) is 11.1. The quantitative estimate of drug-likeness (QED) is 0.131. The highest BCUT2D eigenvalue weighted by Gasteiger charge is 2.32. The molecule has 2 heterocycles. The molecule has 1 atom stereocenters. The Hall–Kier alpha value is -5.75. The minimum atomic E-state index is -0.641. The minimum Gasteiger partial charge on any atom is -0.490 e. The zero-order chi connectivity index (χ0) is 32.4. The number of halogens is 1. The highest BCUT2D eigenvalue weighted by atomic mass is 19.1. The number of hydrogen-bond donors (Lipinski definition) is 1. The van der Waals surface area contributed by atoms with E-state index < -0.39 is 11.9 Å². The van der Waals surface area contributed by atoms with Crippen LogP contribution in [0.5, 0.6) is 23.0 Å². The number of ether oxygens (including phenoxy) is 4. The molecular weight excluding hydrogens is 587 g/mol. The molecule has 0 aliphatic carbocycles. The van der Waals surface area contributed by atoms with Gasteiger partial charge in [-0.3, -0.25) is 0 Å². The van der Waals surface area contributed by atoms with Gasteiger partial charge in [0.15, 0.2) is 11.5 Å². The second-order valence-electron chi connectivity index (χ2n) is 10.8. The molecule has 1 aromatic heterocycles. The van der Waals surface area contributed by atoms with Gasteiger partial charge in [-0.2, -0.15) is 5.26 Å². The van der Waals surface area contributed by atoms with E-state index in [1.54, 1.807) is 42.5 Å². The van der Waals surface area contributed by atoms with Crippen molar-refractivity contribution >= 4 is 16.9 Å². The van der Waals surface area contributed by atoms with Crippen molar-refractivity contribution in [1.82, 2.24) is 0 Å². The van der Waals surface area contributed by atoms with Gasteiger partial charge in [0.05, 0.1) is 12.5 Å². The maximum Gasteiger partial charge on any atom is 0.379 e. The first-order chi connectivity index (χ1) is 22.3. The average molecular weight is 619 g/mol. The monoisotopic (exact) mass is 618 g/mol. The summed E-state index contributed by atoms with van der Waals surface area (Å²) in [6, 6.07) is 24.4. The average Bonchev–Trinajstić information content (AvgIpc) is 3.39. The van der Waals surface area contributed by atoms with Crippen molar-refractivity contribution in [3.05, 3.63) is 130 Å². The van der Waals surface area contributed by atoms with Gasteiger partial charge in [0, 0.05) is 22.6 Å². The first-order valence-electron chi connectivity index (χ1n) is 14.9. The third-order valence-electron chi connectivity index (χ3n) is 7.90. The van der Waals surface area contributed by atoms with Crippen LogP contribution in [0.25, 0.3) is 11.0 Å². The number of nitrogens with two attached hydrogens (primary N) is 1. The van der Waals surface area contributed by atoms with E-state index in [-0.39, 0.29) is 35.4 Å². The second kappa shape index (κ2) is 12.7. The van der Waals surface area contributed by atoms with Gasteiger partial charge >= 0.3 is 5.97 Å². The number of allylic oxidation sites excluding steroid dienone is 1. The van der Waals surface area contributed by atoms with Crippen molar-refractivity contribution in [2.45, 2.75) is 39.7 Å². The summed E-state index contributed by atoms with van der Waals surface area (Å²) in [5, 5.41) is 10.9. The van der Waals surface area contributed by atoms with Gasteiger partial charge in [-0.05, 0) is 79.4 Å². The fourth-order valence-electron chi connectivity index (χ4n) is 5.51. The largest absolute Gasteiger partial charge is 0.490 e. The van der Waals surface area contributed by atoms with Crippen LogP contribution in [-0.4, -0.2) is 12.6 Å². The van der Waals surface area contributed by atoms with Crippen LogP contribution in [0.2, 0.25) is 0 Å². The smallest absolute Gasteiger partial charge is 0.379 e. The van der Waals surface area contributed by atoms with Gasteiger partial charge in [0.1, 0.15) is 41.1 Å². The number of carbonyl (C=O) groups is 1. The van der Waals surface area contributed by atoms with Crippen LogP contribution in [0.4, 0.5) is 4.39 Å². The maximum atomic E-state index is 13.3. The Morgan fingerprint density at radius 2 is 1.74 bits per heavy atom. The topological polar surface area (TPSA) is 117 Å². The van der Waals surface area contributed by atoms with Gasteiger partial charge in [0.2, 0.25) is 11.6 Å². The molecule has 0 spiro atoms. The van der Waals surface area contributed by atoms with Crippen molar-refractivity contribution in [3.8, 4) is 29.1 Å². The van der Waals surface area contributed by atoms with Gasteiger partial charge < -0.3 is 29.1 Å². The molecule has 0 fully saturated rings. The molecule has 1 aliphatic heterocycles. The van der Waals surface area contributed by atoms with Crippen LogP contribution < -0.4 is 24.7 Å². The highest BCUT2D eigenvalue weighted by Crippen LogP contribution is 2.45. The predicted molar refractivity (Wildman–Crippen MR) is 169 cm³/mol. The molecule has 232 valence electrons. The maximum absolute atomic E-state index is 13.3. The molecule has 8 nitrogen and oxygen atoms in total. The minimum absolute atomic E-state index is 0.0575. The standard InChI is InChI=1S/C37H31FN2O6/c1-4-22-8-14-30-28(16-22)21(3)35(45-30)37(41)44-26-12-13-27-32(18-26)46-36(40)29(19-39)34(27)24-9-15-31(33(17-24)42-5-2)43-20-23-6-10-25(38)11-7-23/h6-18,34H,4-5,20,40H2,1-3H3. The molecule has 0 radical (unpaired) electrons. The van der Waals surface area contributed by atoms with Crippen molar-refractivity contribution < 1.29 is 32.5 Å². The summed E-state index contributed by atoms with van der Waals surface area (Å²) in [6.45, 7) is 6.34. The molecule has 1 unspecified atom stereocenters. The number of hydrogen-bond acceptors (Lipinski definition) is 8. The van der Waals surface area contributed by atoms with E-state index in [1.165, 1.54) is 12.1 Å². The molecular formula is C37H31FN2O6. The van der Waals surface area contributed by atoms with E-state index in [2.05, 4.69) is 13.0 Å². The molecule has 0 saturated heterocycles. The fourth-order valence-corrected chi connectivity index (χ4v) is 5.51. The molecule has 6 rings (SSSR count). The van der Waals surface area contributed by atoms with Crippen LogP contribution in [0.15, 0.2) is 94.7 Å². The van der Waals surface area contributed by atoms with Crippen molar-refractivity contribution in [3.63, 3.8) is 0 Å². The summed E-state index contributed by atoms with van der Waals surface area (Å²) in [5.74, 6) is 0.0499. The van der Waals surface area contributed by atoms with E-state index in [0.29, 0.717) is 40.6 Å². The Morgan fingerprint density at radius 3 is 2.48 bits per heavy atom. The third kappa shape index (κ3) is 5.85. The van der Waals surface area contributed by atoms with E-state index in [4.69, 9.17) is 29.1 Å². The number of benzene rings is 4. The van der Waals surface area contributed by atoms with Gasteiger partial charge in [-0.15, -0.1) is 0 Å². The van der Waals surface area contributed by atoms with Gasteiger partial charge in [-0.25, -0.2) is 9.18 Å². The molecule has 0 amide bonds. The Bertz CT molecular complexity index is 2020. The predicted octanol–water partition coefficient (Wildman–Crippen LogP) is 7.86. The molecule has 9 heteroatoms. The van der Waals surface area contributed by atoms with E-state index in [0.717, 1.165) is 28.5 Å². The molecule has 4 aromatic carbocycles. The second-order valence-corrected chi connectivity index (χ2v) is 10.8. The summed E-state index contributed by atoms with van der Waals surface area (Å²) in [7, 11) is 0. The number of esters is 1. The zero-order valence-electron chi connectivity index (χ0n) is 25.6. The molecule has 2 N–H and O–H groups in total. The summed E-state index contributed by atoms with van der Waals surface area (Å²) >= 11 is 0. The number of nitrogens with zero attached hydrogens (tertiary/aromatic N) is 1. The number of nitriles is 1. The number of furan rings is 1. The number of carbonyl (C=O) groups excluding carboxylic acids is 1. The van der Waals surface area contributed by atoms with Gasteiger partial charge in [-0.1, -0.05) is 37.3 Å². The molecule has 0 saturated carbocycles. The van der Waals surface area contributed by atoms with Crippen LogP contribution in [0.3, 0.4) is 0 Å². The third-order valence-corrected chi connectivity index (χ3v) is 7.90. The molecule has 46 heavy (non-hydrogen) atoms. The van der Waals surface area contributed by atoms with E-state index in [1.807, 2.05) is 38.1 Å². The molecule has 1 aliphatic rings. The Balaban J connectivity index is 1.28. The Kier molecular flexibility index (Phi) is 8.36. The SMILES string of the molecule is CCOc1cc(C2C(C#N)=C(N)Oc3cc(OC(=O)c4oc5ccc(CC)cc5c4C)ccc32)ccc1OCc1ccc(F)cc1.